The largest absolute Gasteiger partial charge is 0.455 e. The van der Waals surface area contributed by atoms with Crippen molar-refractivity contribution in [3.8, 4) is 0 Å². The second-order valence-electron chi connectivity index (χ2n) is 12.7. The second kappa shape index (κ2) is 15.7. The van der Waals surface area contributed by atoms with Gasteiger partial charge in [-0.1, -0.05) is 78.2 Å². The van der Waals surface area contributed by atoms with E-state index in [4.69, 9.17) is 9.47 Å². The van der Waals surface area contributed by atoms with Crippen LogP contribution in [0.4, 0.5) is 0 Å². The van der Waals surface area contributed by atoms with Gasteiger partial charge in [0, 0.05) is 24.3 Å². The number of benzene rings is 1. The molecule has 1 aromatic carbocycles. The van der Waals surface area contributed by atoms with Crippen LogP contribution in [-0.2, 0) is 28.7 Å². The average molecular weight is 703 g/mol. The molecule has 4 rings (SSSR count). The van der Waals surface area contributed by atoms with Crippen LogP contribution in [0.1, 0.15) is 71.0 Å². The maximum Gasteiger partial charge on any atom is 0.313 e. The van der Waals surface area contributed by atoms with Crippen molar-refractivity contribution in [3.63, 3.8) is 0 Å². The monoisotopic (exact) mass is 701 g/mol. The summed E-state index contributed by atoms with van der Waals surface area (Å²) in [6, 6.07) is 6.86. The molecular formula is C35H48BrN3O7. The molecule has 10 nitrogen and oxygen atoms in total. The van der Waals surface area contributed by atoms with Crippen molar-refractivity contribution in [3.05, 3.63) is 61.2 Å². The van der Waals surface area contributed by atoms with E-state index in [9.17, 15) is 24.3 Å². The van der Waals surface area contributed by atoms with Gasteiger partial charge in [-0.2, -0.15) is 0 Å². The number of carbonyl (C=O) groups excluding carboxylic acids is 4. The van der Waals surface area contributed by atoms with Gasteiger partial charge in [0.25, 0.3) is 0 Å². The van der Waals surface area contributed by atoms with E-state index in [1.807, 2.05) is 30.3 Å². The minimum atomic E-state index is -1.28. The molecule has 46 heavy (non-hydrogen) atoms. The normalized spacial score (nSPS) is 28.2. The molecule has 2 N–H and O–H groups in total. The number of hydrogen-bond donors (Lipinski definition) is 2. The summed E-state index contributed by atoms with van der Waals surface area (Å²) < 4.78 is 12.8. The van der Waals surface area contributed by atoms with Gasteiger partial charge in [-0.25, -0.2) is 0 Å². The molecule has 1 aromatic rings. The van der Waals surface area contributed by atoms with Crippen LogP contribution in [0.25, 0.3) is 0 Å². The third-order valence-corrected chi connectivity index (χ3v) is 10.3. The highest BCUT2D eigenvalue weighted by atomic mass is 79.9. The number of ether oxygens (including phenoxy) is 2. The van der Waals surface area contributed by atoms with E-state index in [2.05, 4.69) is 41.3 Å². The number of carbonyl (C=O) groups is 4. The number of alkyl halides is 1. The summed E-state index contributed by atoms with van der Waals surface area (Å²) in [5.74, 6) is -3.49. The van der Waals surface area contributed by atoms with Gasteiger partial charge in [-0.15, -0.1) is 13.2 Å². The number of aliphatic hydroxyl groups excluding tert-OH is 1. The quantitative estimate of drug-likeness (QED) is 0.109. The Morgan fingerprint density at radius 1 is 1.22 bits per heavy atom. The van der Waals surface area contributed by atoms with Crippen LogP contribution in [-0.4, -0.2) is 93.0 Å². The van der Waals surface area contributed by atoms with Crippen LogP contribution in [0.5, 0.6) is 0 Å². The van der Waals surface area contributed by atoms with Crippen LogP contribution in [0.15, 0.2) is 55.6 Å². The van der Waals surface area contributed by atoms with E-state index >= 15 is 0 Å². The van der Waals surface area contributed by atoms with Crippen LogP contribution < -0.4 is 5.32 Å². The number of rotatable bonds is 17. The number of aliphatic hydroxyl groups is 1. The molecule has 252 valence electrons. The summed E-state index contributed by atoms with van der Waals surface area (Å²) in [6.07, 6.45) is 5.62. The lowest BCUT2D eigenvalue weighted by Crippen LogP contribution is -2.58. The number of halogens is 1. The Morgan fingerprint density at radius 2 is 1.93 bits per heavy atom. The molecule has 3 aliphatic heterocycles. The maximum absolute atomic E-state index is 14.4. The van der Waals surface area contributed by atoms with Crippen molar-refractivity contribution in [2.75, 3.05) is 19.7 Å². The number of nitrogens with zero attached hydrogens (tertiary/aromatic N) is 2. The molecule has 1 spiro atoms. The molecule has 0 aliphatic carbocycles. The maximum atomic E-state index is 14.4. The number of nitrogens with one attached hydrogen (secondary N) is 1. The van der Waals surface area contributed by atoms with Gasteiger partial charge >= 0.3 is 5.97 Å². The van der Waals surface area contributed by atoms with E-state index in [1.165, 1.54) is 4.90 Å². The Balaban J connectivity index is 1.68. The smallest absolute Gasteiger partial charge is 0.313 e. The molecule has 3 amide bonds. The van der Waals surface area contributed by atoms with Crippen molar-refractivity contribution < 1.29 is 33.8 Å². The third kappa shape index (κ3) is 6.96. The number of fused-ring (bicyclic) bond motifs is 1. The molecule has 2 bridgehead atoms. The van der Waals surface area contributed by atoms with Crippen molar-refractivity contribution in [1.82, 2.24) is 15.1 Å². The Kier molecular flexibility index (Phi) is 12.2. The van der Waals surface area contributed by atoms with Crippen molar-refractivity contribution in [1.29, 1.82) is 0 Å². The van der Waals surface area contributed by atoms with E-state index in [0.717, 1.165) is 19.3 Å². The van der Waals surface area contributed by atoms with Crippen molar-refractivity contribution in [2.45, 2.75) is 100 Å². The lowest BCUT2D eigenvalue weighted by molar-refractivity contribution is -0.162. The van der Waals surface area contributed by atoms with Crippen molar-refractivity contribution >= 4 is 39.6 Å². The fourth-order valence-electron chi connectivity index (χ4n) is 7.29. The standard InChI is InChI=1S/C35H48BrN3O7/c1-6-9-14-19-38(18-8-3)33(43)31-35-20-25(36)30(46-35)27(28(35)32(42)39(31)22(4)21-40)34(44)45-29(24-15-12-11-13-16-24)23(5)37-26(41)17-10-7-2/h7-8,11-13,15-16,22-23,25,27-31,40H,2-3,6,9-10,14,17-21H2,1,4-5H3,(H,37,41)/t22-,23-,25?,27-,28+,29-,30-,31-,35+/m1/s1. The van der Waals surface area contributed by atoms with Gasteiger partial charge in [-0.3, -0.25) is 19.2 Å². The molecule has 0 radical (unpaired) electrons. The number of unbranched alkanes of at least 4 members (excludes halogenated alkanes) is 2. The molecule has 3 aliphatic rings. The fourth-order valence-corrected chi connectivity index (χ4v) is 8.23. The first-order chi connectivity index (χ1) is 22.1. The molecular weight excluding hydrogens is 654 g/mol. The highest BCUT2D eigenvalue weighted by Crippen LogP contribution is 2.61. The third-order valence-electron chi connectivity index (χ3n) is 9.45. The zero-order valence-electron chi connectivity index (χ0n) is 27.1. The lowest BCUT2D eigenvalue weighted by atomic mass is 9.70. The number of amides is 3. The first-order valence-corrected chi connectivity index (χ1v) is 17.3. The van der Waals surface area contributed by atoms with Crippen molar-refractivity contribution in [2.24, 2.45) is 11.8 Å². The molecule has 0 aromatic heterocycles. The molecule has 11 heteroatoms. The van der Waals surface area contributed by atoms with E-state index < -0.39 is 59.6 Å². The van der Waals surface area contributed by atoms with Gasteiger partial charge in [0.2, 0.25) is 17.7 Å². The van der Waals surface area contributed by atoms with Gasteiger partial charge in [0.15, 0.2) is 0 Å². The minimum Gasteiger partial charge on any atom is -0.455 e. The zero-order chi connectivity index (χ0) is 33.6. The van der Waals surface area contributed by atoms with Crippen LogP contribution >= 0.6 is 15.9 Å². The topological polar surface area (TPSA) is 125 Å². The lowest BCUT2D eigenvalue weighted by Gasteiger charge is -2.38. The van der Waals surface area contributed by atoms with Gasteiger partial charge in [-0.05, 0) is 38.7 Å². The summed E-state index contributed by atoms with van der Waals surface area (Å²) in [4.78, 5) is 58.4. The van der Waals surface area contributed by atoms with Gasteiger partial charge in [0.1, 0.15) is 17.7 Å². The van der Waals surface area contributed by atoms with E-state index in [-0.39, 0.29) is 29.7 Å². The summed E-state index contributed by atoms with van der Waals surface area (Å²) in [6.45, 7) is 13.5. The Labute approximate surface area is 280 Å². The Bertz CT molecular complexity index is 1280. The predicted octanol–water partition coefficient (Wildman–Crippen LogP) is 4.08. The fraction of sp³-hybridized carbons (Fsp3) is 0.600. The highest BCUT2D eigenvalue weighted by molar-refractivity contribution is 9.09. The second-order valence-corrected chi connectivity index (χ2v) is 13.8. The molecule has 3 fully saturated rings. The summed E-state index contributed by atoms with van der Waals surface area (Å²) in [5.41, 5.74) is -0.591. The first kappa shape index (κ1) is 35.8. The molecule has 1 unspecified atom stereocenters. The SMILES string of the molecule is C=CCCC(=O)N[C@H](C)[C@@H](OC(=O)[C@H]1[C@@H]2O[C@@]3(CC2Br)[C@@H]1C(=O)N([C@H](C)CO)[C@@H]3C(=O)N(CC=C)CCCCC)c1ccccc1. The molecule has 3 saturated heterocycles. The Hall–Kier alpha value is -3.02. The van der Waals surface area contributed by atoms with Gasteiger partial charge in [0.05, 0.1) is 36.6 Å². The molecule has 0 saturated carbocycles. The number of esters is 1. The molecule has 9 atom stereocenters. The summed E-state index contributed by atoms with van der Waals surface area (Å²) >= 11 is 3.70. The van der Waals surface area contributed by atoms with Gasteiger partial charge < -0.3 is 29.7 Å². The van der Waals surface area contributed by atoms with Crippen LogP contribution in [0, 0.1) is 11.8 Å². The molecule has 3 heterocycles. The Morgan fingerprint density at radius 3 is 2.57 bits per heavy atom. The number of hydrogen-bond acceptors (Lipinski definition) is 7. The van der Waals surface area contributed by atoms with E-state index in [0.29, 0.717) is 31.5 Å². The van der Waals surface area contributed by atoms with Crippen LogP contribution in [0.3, 0.4) is 0 Å². The number of allylic oxidation sites excluding steroid dienone is 1. The minimum absolute atomic E-state index is 0.198. The van der Waals surface area contributed by atoms with Crippen LogP contribution in [0.2, 0.25) is 0 Å². The number of likely N-dealkylation sites (tertiary alicyclic amines) is 1. The average Bonchev–Trinajstić information content (AvgIpc) is 3.65. The summed E-state index contributed by atoms with van der Waals surface area (Å²) in [5, 5.41) is 13.1. The first-order valence-electron chi connectivity index (χ1n) is 16.4. The van der Waals surface area contributed by atoms with E-state index in [1.54, 1.807) is 30.9 Å². The zero-order valence-corrected chi connectivity index (χ0v) is 28.7. The predicted molar refractivity (Wildman–Crippen MR) is 178 cm³/mol. The summed E-state index contributed by atoms with van der Waals surface area (Å²) in [7, 11) is 0. The highest BCUT2D eigenvalue weighted by Gasteiger charge is 2.77.